The van der Waals surface area contributed by atoms with Crippen LogP contribution in [0.25, 0.3) is 0 Å². The smallest absolute Gasteiger partial charge is 0.161 e. The van der Waals surface area contributed by atoms with Gasteiger partial charge in [0.2, 0.25) is 0 Å². The first-order valence-electron chi connectivity index (χ1n) is 7.11. The third-order valence-corrected chi connectivity index (χ3v) is 4.31. The van der Waals surface area contributed by atoms with Gasteiger partial charge in [-0.05, 0) is 24.0 Å². The highest BCUT2D eigenvalue weighted by Gasteiger charge is 2.25. The van der Waals surface area contributed by atoms with E-state index in [9.17, 15) is 0 Å². The molecular formula is C16H24N2O2S. The normalized spacial score (nSPS) is 18.3. The molecule has 1 atom stereocenters. The molecule has 116 valence electrons. The number of rotatable bonds is 4. The first-order valence-corrected chi connectivity index (χ1v) is 7.99. The molecule has 0 fully saturated rings. The second-order valence-electron chi connectivity index (χ2n) is 6.34. The highest BCUT2D eigenvalue weighted by Crippen LogP contribution is 2.35. The summed E-state index contributed by atoms with van der Waals surface area (Å²) >= 11 is 1.81. The Morgan fingerprint density at radius 1 is 1.29 bits per heavy atom. The molecule has 1 unspecified atom stereocenters. The van der Waals surface area contributed by atoms with Gasteiger partial charge < -0.3 is 14.8 Å². The van der Waals surface area contributed by atoms with Crippen LogP contribution in [0.5, 0.6) is 11.5 Å². The largest absolute Gasteiger partial charge is 0.497 e. The Hall–Kier alpha value is -1.36. The van der Waals surface area contributed by atoms with Crippen LogP contribution in [0.2, 0.25) is 0 Å². The van der Waals surface area contributed by atoms with E-state index in [2.05, 4.69) is 31.1 Å². The maximum atomic E-state index is 5.38. The van der Waals surface area contributed by atoms with Gasteiger partial charge in [0.25, 0.3) is 0 Å². The van der Waals surface area contributed by atoms with Crippen molar-refractivity contribution in [3.8, 4) is 11.5 Å². The highest BCUT2D eigenvalue weighted by molar-refractivity contribution is 8.15. The fourth-order valence-corrected chi connectivity index (χ4v) is 3.67. The van der Waals surface area contributed by atoms with E-state index in [4.69, 9.17) is 9.47 Å². The molecule has 1 heterocycles. The van der Waals surface area contributed by atoms with Crippen LogP contribution in [0.4, 0.5) is 5.69 Å². The molecule has 0 aromatic heterocycles. The topological polar surface area (TPSA) is 42.9 Å². The Labute approximate surface area is 131 Å². The number of thioether (sulfide) groups is 1. The van der Waals surface area contributed by atoms with Crippen LogP contribution in [0.3, 0.4) is 0 Å². The quantitative estimate of drug-likeness (QED) is 0.912. The summed E-state index contributed by atoms with van der Waals surface area (Å²) in [6, 6.07) is 5.71. The number of amidine groups is 1. The van der Waals surface area contributed by atoms with Crippen molar-refractivity contribution in [1.82, 2.24) is 0 Å². The van der Waals surface area contributed by atoms with E-state index in [1.165, 1.54) is 0 Å². The van der Waals surface area contributed by atoms with Gasteiger partial charge in [0, 0.05) is 11.3 Å². The molecule has 5 heteroatoms. The van der Waals surface area contributed by atoms with Crippen molar-refractivity contribution in [3.63, 3.8) is 0 Å². The van der Waals surface area contributed by atoms with Gasteiger partial charge >= 0.3 is 0 Å². The van der Waals surface area contributed by atoms with Crippen LogP contribution < -0.4 is 14.8 Å². The van der Waals surface area contributed by atoms with E-state index in [1.54, 1.807) is 14.2 Å². The molecule has 1 aliphatic rings. The van der Waals surface area contributed by atoms with Crippen molar-refractivity contribution in [3.05, 3.63) is 18.2 Å². The number of anilines is 1. The average Bonchev–Trinajstić information content (AvgIpc) is 2.83. The number of nitrogens with zero attached hydrogens (tertiary/aromatic N) is 1. The predicted octanol–water partition coefficient (Wildman–Crippen LogP) is 4.02. The zero-order valence-electron chi connectivity index (χ0n) is 13.4. The van der Waals surface area contributed by atoms with Gasteiger partial charge in [0.15, 0.2) is 5.17 Å². The number of hydrogen-bond donors (Lipinski definition) is 1. The van der Waals surface area contributed by atoms with E-state index in [0.29, 0.717) is 10.7 Å². The number of nitrogens with one attached hydrogen (secondary N) is 1. The summed E-state index contributed by atoms with van der Waals surface area (Å²) in [5.74, 6) is 1.59. The van der Waals surface area contributed by atoms with E-state index in [1.807, 2.05) is 30.0 Å². The first kappa shape index (κ1) is 16.0. The molecule has 0 spiro atoms. The summed E-state index contributed by atoms with van der Waals surface area (Å²) in [6.07, 6.45) is 1.15. The minimum atomic E-state index is 0.330. The van der Waals surface area contributed by atoms with Crippen LogP contribution in [-0.2, 0) is 0 Å². The molecule has 21 heavy (non-hydrogen) atoms. The maximum Gasteiger partial charge on any atom is 0.161 e. The van der Waals surface area contributed by atoms with E-state index in [0.717, 1.165) is 35.3 Å². The Morgan fingerprint density at radius 3 is 2.67 bits per heavy atom. The zero-order chi connectivity index (χ0) is 15.5. The molecule has 0 saturated carbocycles. The lowest BCUT2D eigenvalue weighted by molar-refractivity contribution is 0.375. The van der Waals surface area contributed by atoms with Crippen LogP contribution >= 0.6 is 11.8 Å². The molecule has 0 saturated heterocycles. The van der Waals surface area contributed by atoms with Gasteiger partial charge in [0.05, 0.1) is 26.5 Å². The van der Waals surface area contributed by atoms with Crippen LogP contribution in [0.15, 0.2) is 23.2 Å². The van der Waals surface area contributed by atoms with Crippen molar-refractivity contribution in [2.45, 2.75) is 32.4 Å². The lowest BCUT2D eigenvalue weighted by Gasteiger charge is -2.21. The van der Waals surface area contributed by atoms with Gasteiger partial charge in [-0.3, -0.25) is 4.99 Å². The lowest BCUT2D eigenvalue weighted by Crippen LogP contribution is -2.16. The third kappa shape index (κ3) is 4.56. The minimum Gasteiger partial charge on any atom is -0.497 e. The van der Waals surface area contributed by atoms with Gasteiger partial charge in [-0.25, -0.2) is 0 Å². The number of ether oxygens (including phenoxy) is 2. The Morgan fingerprint density at radius 2 is 2.05 bits per heavy atom. The van der Waals surface area contributed by atoms with Crippen LogP contribution in [0, 0.1) is 5.41 Å². The second-order valence-corrected chi connectivity index (χ2v) is 7.63. The number of methoxy groups -OCH3 is 2. The molecule has 1 aromatic carbocycles. The summed E-state index contributed by atoms with van der Waals surface area (Å²) in [5.41, 5.74) is 1.22. The SMILES string of the molecule is COc1ccc(OC)c(NC2=NCC(CC(C)(C)C)S2)c1. The van der Waals surface area contributed by atoms with Crippen molar-refractivity contribution in [2.24, 2.45) is 10.4 Å². The van der Waals surface area contributed by atoms with Crippen molar-refractivity contribution in [2.75, 3.05) is 26.1 Å². The maximum absolute atomic E-state index is 5.38. The van der Waals surface area contributed by atoms with Gasteiger partial charge in [-0.15, -0.1) is 0 Å². The average molecular weight is 308 g/mol. The predicted molar refractivity (Wildman–Crippen MR) is 90.9 cm³/mol. The van der Waals surface area contributed by atoms with E-state index >= 15 is 0 Å². The molecule has 0 bridgehead atoms. The minimum absolute atomic E-state index is 0.330. The molecule has 1 aromatic rings. The third-order valence-electron chi connectivity index (χ3n) is 3.21. The summed E-state index contributed by atoms with van der Waals surface area (Å²) in [4.78, 5) is 4.60. The monoisotopic (exact) mass is 308 g/mol. The fourth-order valence-electron chi connectivity index (χ4n) is 2.30. The number of benzene rings is 1. The number of hydrogen-bond acceptors (Lipinski definition) is 5. The molecule has 0 radical (unpaired) electrons. The van der Waals surface area contributed by atoms with Crippen molar-refractivity contribution in [1.29, 1.82) is 0 Å². The molecule has 1 N–H and O–H groups in total. The summed E-state index contributed by atoms with van der Waals surface area (Å²) in [6.45, 7) is 7.68. The Bertz CT molecular complexity index is 523. The highest BCUT2D eigenvalue weighted by atomic mass is 32.2. The van der Waals surface area contributed by atoms with Crippen LogP contribution in [0.1, 0.15) is 27.2 Å². The standard InChI is InChI=1S/C16H24N2O2S/c1-16(2,3)9-12-10-17-15(21-12)18-13-8-11(19-4)6-7-14(13)20-5/h6-8,12H,9-10H2,1-5H3,(H,17,18). The molecular weight excluding hydrogens is 284 g/mol. The van der Waals surface area contributed by atoms with Gasteiger partial charge in [-0.1, -0.05) is 32.5 Å². The Balaban J connectivity index is 2.03. The summed E-state index contributed by atoms with van der Waals surface area (Å²) < 4.78 is 10.6. The first-order chi connectivity index (χ1) is 9.91. The van der Waals surface area contributed by atoms with Gasteiger partial charge in [0.1, 0.15) is 11.5 Å². The lowest BCUT2D eigenvalue weighted by atomic mass is 9.90. The van der Waals surface area contributed by atoms with E-state index < -0.39 is 0 Å². The zero-order valence-corrected chi connectivity index (χ0v) is 14.2. The molecule has 2 rings (SSSR count). The molecule has 0 aliphatic carbocycles. The van der Waals surface area contributed by atoms with Gasteiger partial charge in [-0.2, -0.15) is 0 Å². The van der Waals surface area contributed by atoms with Crippen molar-refractivity contribution < 1.29 is 9.47 Å². The molecule has 0 amide bonds. The summed E-state index contributed by atoms with van der Waals surface area (Å²) in [5, 5.41) is 4.86. The van der Waals surface area contributed by atoms with E-state index in [-0.39, 0.29) is 0 Å². The second kappa shape index (κ2) is 6.60. The van der Waals surface area contributed by atoms with Crippen molar-refractivity contribution >= 4 is 22.6 Å². The molecule has 1 aliphatic heterocycles. The fraction of sp³-hybridized carbons (Fsp3) is 0.562. The summed E-state index contributed by atoms with van der Waals surface area (Å²) in [7, 11) is 3.33. The molecule has 4 nitrogen and oxygen atoms in total. The van der Waals surface area contributed by atoms with Crippen LogP contribution in [-0.4, -0.2) is 31.2 Å². The Kier molecular flexibility index (Phi) is 5.04. The number of aliphatic imine (C=N–C) groups is 1.